The molecular weight excluding hydrogens is 401 g/mol. The van der Waals surface area contributed by atoms with E-state index in [1.807, 2.05) is 0 Å². The summed E-state index contributed by atoms with van der Waals surface area (Å²) in [5.41, 5.74) is 0.104. The van der Waals surface area contributed by atoms with E-state index in [2.05, 4.69) is 10.1 Å². The molecule has 0 atom stereocenters. The first kappa shape index (κ1) is 19.9. The summed E-state index contributed by atoms with van der Waals surface area (Å²) in [6, 6.07) is 8.81. The second-order valence-electron chi connectivity index (χ2n) is 6.70. The molecule has 0 saturated heterocycles. The average Bonchev–Trinajstić information content (AvgIpc) is 3.18. The van der Waals surface area contributed by atoms with Crippen molar-refractivity contribution in [3.63, 3.8) is 0 Å². The lowest BCUT2D eigenvalue weighted by Crippen LogP contribution is -2.19. The van der Waals surface area contributed by atoms with E-state index >= 15 is 0 Å². The van der Waals surface area contributed by atoms with E-state index in [0.717, 1.165) is 12.3 Å². The monoisotopic (exact) mass is 418 g/mol. The van der Waals surface area contributed by atoms with Crippen LogP contribution in [0.3, 0.4) is 0 Å². The smallest absolute Gasteiger partial charge is 0.433 e. The lowest BCUT2D eigenvalue weighted by atomic mass is 10.1. The highest BCUT2D eigenvalue weighted by molar-refractivity contribution is 5.83. The molecule has 3 heterocycles. The Bertz CT molecular complexity index is 1290. The van der Waals surface area contributed by atoms with Gasteiger partial charge in [-0.25, -0.2) is 4.52 Å². The van der Waals surface area contributed by atoms with Crippen molar-refractivity contribution in [2.45, 2.75) is 12.6 Å². The van der Waals surface area contributed by atoms with Gasteiger partial charge in [0.25, 0.3) is 5.56 Å². The zero-order chi connectivity index (χ0) is 21.5. The molecule has 0 spiro atoms. The van der Waals surface area contributed by atoms with Crippen molar-refractivity contribution >= 4 is 16.6 Å². The molecule has 4 rings (SSSR count). The molecule has 0 unspecified atom stereocenters. The standard InChI is InChI=1S/C20H17F3N4O3/c1-26-18-11-15(12-5-6-24-17(9-12)20(21,22)23)25-27(18)16-10-13(30-8-2-7-28)3-4-14(16)19(26)29/h3-6,9-11,28H,2,7-8H2,1H3. The molecule has 1 N–H and O–H groups in total. The number of nitrogens with zero attached hydrogens (tertiary/aromatic N) is 4. The molecular formula is C20H17F3N4O3. The van der Waals surface area contributed by atoms with E-state index in [4.69, 9.17) is 9.84 Å². The number of fused-ring (bicyclic) bond motifs is 3. The Morgan fingerprint density at radius 1 is 1.17 bits per heavy atom. The normalized spacial score (nSPS) is 12.0. The fourth-order valence-electron chi connectivity index (χ4n) is 3.17. The van der Waals surface area contributed by atoms with E-state index < -0.39 is 11.9 Å². The van der Waals surface area contributed by atoms with Crippen LogP contribution in [0.2, 0.25) is 0 Å². The van der Waals surface area contributed by atoms with Gasteiger partial charge in [0.05, 0.1) is 23.2 Å². The van der Waals surface area contributed by atoms with Crippen molar-refractivity contribution < 1.29 is 23.0 Å². The van der Waals surface area contributed by atoms with E-state index in [-0.39, 0.29) is 23.4 Å². The second-order valence-corrected chi connectivity index (χ2v) is 6.70. The largest absolute Gasteiger partial charge is 0.493 e. The molecule has 10 heteroatoms. The third kappa shape index (κ3) is 3.50. The fourth-order valence-corrected chi connectivity index (χ4v) is 3.17. The lowest BCUT2D eigenvalue weighted by Gasteiger charge is -2.09. The molecule has 7 nitrogen and oxygen atoms in total. The van der Waals surface area contributed by atoms with Crippen LogP contribution in [0.5, 0.6) is 5.75 Å². The van der Waals surface area contributed by atoms with E-state index in [1.54, 1.807) is 31.3 Å². The highest BCUT2D eigenvalue weighted by atomic mass is 19.4. The number of aliphatic hydroxyl groups excluding tert-OH is 1. The number of rotatable bonds is 5. The highest BCUT2D eigenvalue weighted by Gasteiger charge is 2.32. The molecule has 156 valence electrons. The molecule has 4 aromatic rings. The van der Waals surface area contributed by atoms with Crippen molar-refractivity contribution in [1.82, 2.24) is 19.2 Å². The predicted octanol–water partition coefficient (Wildman–Crippen LogP) is 3.03. The molecule has 0 bridgehead atoms. The van der Waals surface area contributed by atoms with Crippen LogP contribution in [-0.4, -0.2) is 37.5 Å². The first-order valence-corrected chi connectivity index (χ1v) is 9.09. The van der Waals surface area contributed by atoms with Gasteiger partial charge in [0.15, 0.2) is 0 Å². The van der Waals surface area contributed by atoms with Crippen molar-refractivity contribution in [1.29, 1.82) is 0 Å². The number of hydrogen-bond donors (Lipinski definition) is 1. The van der Waals surface area contributed by atoms with Gasteiger partial charge in [-0.1, -0.05) is 0 Å². The van der Waals surface area contributed by atoms with Gasteiger partial charge in [0, 0.05) is 44.0 Å². The Morgan fingerprint density at radius 2 is 1.97 bits per heavy atom. The minimum absolute atomic E-state index is 0.00721. The van der Waals surface area contributed by atoms with Gasteiger partial charge in [-0.3, -0.25) is 14.3 Å². The molecule has 0 aliphatic carbocycles. The first-order valence-electron chi connectivity index (χ1n) is 9.09. The maximum atomic E-state index is 13.0. The van der Waals surface area contributed by atoms with Crippen LogP contribution in [-0.2, 0) is 13.2 Å². The van der Waals surface area contributed by atoms with Gasteiger partial charge in [-0.2, -0.15) is 18.3 Å². The number of aryl methyl sites for hydroxylation is 1. The number of alkyl halides is 3. The van der Waals surface area contributed by atoms with Crippen molar-refractivity contribution in [2.24, 2.45) is 7.05 Å². The van der Waals surface area contributed by atoms with Gasteiger partial charge >= 0.3 is 6.18 Å². The number of hydrogen-bond acceptors (Lipinski definition) is 5. The number of halogens is 3. The van der Waals surface area contributed by atoms with Gasteiger partial charge in [0.2, 0.25) is 0 Å². The zero-order valence-electron chi connectivity index (χ0n) is 15.8. The lowest BCUT2D eigenvalue weighted by molar-refractivity contribution is -0.141. The predicted molar refractivity (Wildman–Crippen MR) is 103 cm³/mol. The van der Waals surface area contributed by atoms with Crippen LogP contribution in [0.15, 0.2) is 47.4 Å². The molecule has 0 aliphatic rings. The van der Waals surface area contributed by atoms with Crippen LogP contribution in [0.25, 0.3) is 27.8 Å². The average molecular weight is 418 g/mol. The molecule has 0 radical (unpaired) electrons. The van der Waals surface area contributed by atoms with E-state index in [1.165, 1.54) is 15.1 Å². The first-order chi connectivity index (χ1) is 14.3. The Balaban J connectivity index is 1.89. The topological polar surface area (TPSA) is 81.7 Å². The molecule has 3 aromatic heterocycles. The molecule has 0 amide bonds. The fraction of sp³-hybridized carbons (Fsp3) is 0.250. The number of aliphatic hydroxyl groups is 1. The molecule has 30 heavy (non-hydrogen) atoms. The van der Waals surface area contributed by atoms with Gasteiger partial charge in [-0.15, -0.1) is 0 Å². The van der Waals surface area contributed by atoms with E-state index in [0.29, 0.717) is 35.3 Å². The Labute approximate surface area is 168 Å². The van der Waals surface area contributed by atoms with Gasteiger partial charge < -0.3 is 9.84 Å². The summed E-state index contributed by atoms with van der Waals surface area (Å²) >= 11 is 0. The third-order valence-corrected chi connectivity index (χ3v) is 4.68. The van der Waals surface area contributed by atoms with Crippen molar-refractivity contribution in [3.05, 3.63) is 58.6 Å². The molecule has 0 saturated carbocycles. The van der Waals surface area contributed by atoms with Crippen LogP contribution >= 0.6 is 0 Å². The quantitative estimate of drug-likeness (QED) is 0.504. The van der Waals surface area contributed by atoms with Crippen molar-refractivity contribution in [2.75, 3.05) is 13.2 Å². The number of benzene rings is 1. The van der Waals surface area contributed by atoms with Gasteiger partial charge in [-0.05, 0) is 24.3 Å². The Morgan fingerprint density at radius 3 is 2.70 bits per heavy atom. The van der Waals surface area contributed by atoms with Crippen LogP contribution < -0.4 is 10.3 Å². The number of ether oxygens (including phenoxy) is 1. The molecule has 0 fully saturated rings. The van der Waals surface area contributed by atoms with Gasteiger partial charge in [0.1, 0.15) is 17.1 Å². The third-order valence-electron chi connectivity index (χ3n) is 4.68. The van der Waals surface area contributed by atoms with Crippen LogP contribution in [0.1, 0.15) is 12.1 Å². The highest BCUT2D eigenvalue weighted by Crippen LogP contribution is 2.31. The minimum Gasteiger partial charge on any atom is -0.493 e. The van der Waals surface area contributed by atoms with Crippen molar-refractivity contribution in [3.8, 4) is 17.0 Å². The SMILES string of the molecule is Cn1c(=O)c2ccc(OCCCO)cc2n2nc(-c3ccnc(C(F)(F)F)c3)cc12. The molecule has 1 aromatic carbocycles. The summed E-state index contributed by atoms with van der Waals surface area (Å²) in [6.45, 7) is 0.296. The van der Waals surface area contributed by atoms with E-state index in [9.17, 15) is 18.0 Å². The molecule has 0 aliphatic heterocycles. The summed E-state index contributed by atoms with van der Waals surface area (Å²) in [7, 11) is 1.57. The summed E-state index contributed by atoms with van der Waals surface area (Å²) in [6.07, 6.45) is -3.04. The zero-order valence-corrected chi connectivity index (χ0v) is 15.8. The van der Waals surface area contributed by atoms with Crippen LogP contribution in [0.4, 0.5) is 13.2 Å². The summed E-state index contributed by atoms with van der Waals surface area (Å²) in [5.74, 6) is 0.492. The number of pyridine rings is 1. The summed E-state index contributed by atoms with van der Waals surface area (Å²) in [5, 5.41) is 13.7. The second kappa shape index (κ2) is 7.45. The number of aromatic nitrogens is 4. The maximum Gasteiger partial charge on any atom is 0.433 e. The summed E-state index contributed by atoms with van der Waals surface area (Å²) in [4.78, 5) is 16.1. The minimum atomic E-state index is -4.57. The summed E-state index contributed by atoms with van der Waals surface area (Å²) < 4.78 is 47.5. The Hall–Kier alpha value is -3.40. The maximum absolute atomic E-state index is 13.0. The van der Waals surface area contributed by atoms with Crippen LogP contribution in [0, 0.1) is 0 Å². The Kier molecular flexibility index (Phi) is 4.94.